The summed E-state index contributed by atoms with van der Waals surface area (Å²) in [5.41, 5.74) is 2.82. The van der Waals surface area contributed by atoms with E-state index in [9.17, 15) is 9.59 Å². The summed E-state index contributed by atoms with van der Waals surface area (Å²) in [7, 11) is 1.61. The number of nitrogens with one attached hydrogen (secondary N) is 1. The molecule has 2 rings (SSSR count). The van der Waals surface area contributed by atoms with Crippen LogP contribution in [0.15, 0.2) is 36.4 Å². The van der Waals surface area contributed by atoms with Gasteiger partial charge in [0.25, 0.3) is 5.91 Å². The number of rotatable bonds is 10. The fourth-order valence-electron chi connectivity index (χ4n) is 2.72. The number of aryl methyl sites for hydroxylation is 2. The molecule has 0 unspecified atom stereocenters. The molecule has 1 amide bonds. The van der Waals surface area contributed by atoms with Gasteiger partial charge in [-0.2, -0.15) is 0 Å². The average molecular weight is 387 g/mol. The molecular weight excluding hydrogens is 362 g/mol. The maximum absolute atomic E-state index is 12.5. The molecule has 0 saturated heterocycles. The number of ether oxygens (including phenoxy) is 3. The first kappa shape index (κ1) is 21.2. The summed E-state index contributed by atoms with van der Waals surface area (Å²) in [6.45, 7) is 4.46. The minimum Gasteiger partial charge on any atom is -0.491 e. The minimum atomic E-state index is -1.05. The lowest BCUT2D eigenvalue weighted by molar-refractivity contribution is -0.139. The number of hydrogen-bond acceptors (Lipinski definition) is 5. The summed E-state index contributed by atoms with van der Waals surface area (Å²) < 4.78 is 15.8. The topological polar surface area (TPSA) is 94.1 Å². The summed E-state index contributed by atoms with van der Waals surface area (Å²) in [4.78, 5) is 23.2. The van der Waals surface area contributed by atoms with Gasteiger partial charge < -0.3 is 24.6 Å². The molecule has 7 nitrogen and oxygen atoms in total. The van der Waals surface area contributed by atoms with E-state index in [0.29, 0.717) is 42.2 Å². The first-order chi connectivity index (χ1) is 13.4. The van der Waals surface area contributed by atoms with Gasteiger partial charge in [0.2, 0.25) is 0 Å². The molecule has 0 aromatic heterocycles. The molecule has 0 spiro atoms. The summed E-state index contributed by atoms with van der Waals surface area (Å²) in [6, 6.07) is 10.9. The third-order valence-electron chi connectivity index (χ3n) is 3.97. The van der Waals surface area contributed by atoms with Crippen LogP contribution in [0.3, 0.4) is 0 Å². The molecule has 0 aliphatic heterocycles. The number of carboxylic acids is 1. The zero-order chi connectivity index (χ0) is 20.5. The number of carboxylic acid groups (broad SMARTS) is 1. The van der Waals surface area contributed by atoms with Gasteiger partial charge in [-0.25, -0.2) is 4.79 Å². The Morgan fingerprint density at radius 3 is 2.39 bits per heavy atom. The molecule has 0 aliphatic carbocycles. The Morgan fingerprint density at radius 1 is 1.04 bits per heavy atom. The molecule has 0 heterocycles. The van der Waals surface area contributed by atoms with Crippen LogP contribution in [0.4, 0.5) is 0 Å². The van der Waals surface area contributed by atoms with Gasteiger partial charge in [0.1, 0.15) is 18.1 Å². The average Bonchev–Trinajstić information content (AvgIpc) is 2.65. The largest absolute Gasteiger partial charge is 0.491 e. The number of benzene rings is 2. The molecule has 7 heteroatoms. The summed E-state index contributed by atoms with van der Waals surface area (Å²) >= 11 is 0. The summed E-state index contributed by atoms with van der Waals surface area (Å²) in [6.07, 6.45) is 0. The summed E-state index contributed by atoms with van der Waals surface area (Å²) in [5.74, 6) is -0.0639. The zero-order valence-corrected chi connectivity index (χ0v) is 16.3. The van der Waals surface area contributed by atoms with Crippen molar-refractivity contribution >= 4 is 11.9 Å². The van der Waals surface area contributed by atoms with Gasteiger partial charge in [0.05, 0.1) is 6.61 Å². The normalized spacial score (nSPS) is 10.4. The van der Waals surface area contributed by atoms with Gasteiger partial charge in [-0.05, 0) is 54.8 Å². The third kappa shape index (κ3) is 6.28. The van der Waals surface area contributed by atoms with Crippen LogP contribution in [0.5, 0.6) is 11.5 Å². The van der Waals surface area contributed by atoms with Crippen LogP contribution in [0.25, 0.3) is 0 Å². The van der Waals surface area contributed by atoms with E-state index in [1.165, 1.54) is 0 Å². The van der Waals surface area contributed by atoms with E-state index in [4.69, 9.17) is 19.3 Å². The second-order valence-corrected chi connectivity index (χ2v) is 6.29. The predicted octanol–water partition coefficient (Wildman–Crippen LogP) is 2.72. The van der Waals surface area contributed by atoms with Crippen molar-refractivity contribution in [1.82, 2.24) is 5.32 Å². The Balaban J connectivity index is 1.99. The van der Waals surface area contributed by atoms with Crippen molar-refractivity contribution in [3.05, 3.63) is 58.7 Å². The van der Waals surface area contributed by atoms with Crippen molar-refractivity contribution in [2.75, 3.05) is 26.9 Å². The summed E-state index contributed by atoms with van der Waals surface area (Å²) in [5, 5.41) is 11.6. The molecule has 0 aliphatic rings. The minimum absolute atomic E-state index is 0.221. The van der Waals surface area contributed by atoms with E-state index in [2.05, 4.69) is 5.32 Å². The quantitative estimate of drug-likeness (QED) is 0.609. The number of methoxy groups -OCH3 is 1. The number of aliphatic carboxylic acids is 1. The van der Waals surface area contributed by atoms with Gasteiger partial charge in [0, 0.05) is 19.2 Å². The molecule has 0 fully saturated rings. The van der Waals surface area contributed by atoms with Crippen LogP contribution in [-0.4, -0.2) is 43.9 Å². The van der Waals surface area contributed by atoms with Crippen molar-refractivity contribution in [2.24, 2.45) is 0 Å². The maximum atomic E-state index is 12.5. The lowest BCUT2D eigenvalue weighted by atomic mass is 10.0. The molecule has 0 atom stereocenters. The highest BCUT2D eigenvalue weighted by Crippen LogP contribution is 2.25. The van der Waals surface area contributed by atoms with Crippen molar-refractivity contribution < 1.29 is 28.9 Å². The molecule has 2 aromatic rings. The van der Waals surface area contributed by atoms with Crippen LogP contribution in [0, 0.1) is 13.8 Å². The van der Waals surface area contributed by atoms with E-state index < -0.39 is 12.6 Å². The second kappa shape index (κ2) is 10.3. The van der Waals surface area contributed by atoms with Gasteiger partial charge in [0.15, 0.2) is 6.61 Å². The van der Waals surface area contributed by atoms with Gasteiger partial charge in [-0.15, -0.1) is 0 Å². The number of amides is 1. The van der Waals surface area contributed by atoms with Crippen molar-refractivity contribution in [3.63, 3.8) is 0 Å². The van der Waals surface area contributed by atoms with Crippen molar-refractivity contribution in [1.29, 1.82) is 0 Å². The maximum Gasteiger partial charge on any atom is 0.341 e. The van der Waals surface area contributed by atoms with Crippen molar-refractivity contribution in [2.45, 2.75) is 20.4 Å². The van der Waals surface area contributed by atoms with E-state index in [1.807, 2.05) is 24.3 Å². The van der Waals surface area contributed by atoms with Crippen LogP contribution in [0.2, 0.25) is 0 Å². The van der Waals surface area contributed by atoms with E-state index in [-0.39, 0.29) is 5.91 Å². The number of carbonyl (C=O) groups excluding carboxylic acids is 1. The standard InChI is InChI=1S/C21H25NO6/c1-14-9-17(10-15(2)20(14)28-13-19(23)24)21(25)22-12-16-5-4-6-18(11-16)27-8-7-26-3/h4-6,9-11H,7-8,12-13H2,1-3H3,(H,22,25)(H,23,24). The van der Waals surface area contributed by atoms with Crippen LogP contribution in [0.1, 0.15) is 27.0 Å². The van der Waals surface area contributed by atoms with Gasteiger partial charge in [-0.1, -0.05) is 12.1 Å². The highest BCUT2D eigenvalue weighted by atomic mass is 16.5. The highest BCUT2D eigenvalue weighted by Gasteiger charge is 2.13. The monoisotopic (exact) mass is 387 g/mol. The molecule has 2 aromatic carbocycles. The Kier molecular flexibility index (Phi) is 7.83. The van der Waals surface area contributed by atoms with E-state index in [1.54, 1.807) is 33.1 Å². The smallest absolute Gasteiger partial charge is 0.341 e. The molecule has 0 radical (unpaired) electrons. The van der Waals surface area contributed by atoms with E-state index >= 15 is 0 Å². The van der Waals surface area contributed by atoms with Crippen molar-refractivity contribution in [3.8, 4) is 11.5 Å². The lowest BCUT2D eigenvalue weighted by Crippen LogP contribution is -2.23. The Labute approximate surface area is 164 Å². The molecular formula is C21H25NO6. The highest BCUT2D eigenvalue weighted by molar-refractivity contribution is 5.94. The first-order valence-corrected chi connectivity index (χ1v) is 8.85. The van der Waals surface area contributed by atoms with Crippen LogP contribution < -0.4 is 14.8 Å². The third-order valence-corrected chi connectivity index (χ3v) is 3.97. The predicted molar refractivity (Wildman–Crippen MR) is 104 cm³/mol. The fourth-order valence-corrected chi connectivity index (χ4v) is 2.72. The molecule has 2 N–H and O–H groups in total. The van der Waals surface area contributed by atoms with Crippen LogP contribution in [-0.2, 0) is 16.1 Å². The number of hydrogen-bond donors (Lipinski definition) is 2. The van der Waals surface area contributed by atoms with Gasteiger partial charge >= 0.3 is 5.97 Å². The SMILES string of the molecule is COCCOc1cccc(CNC(=O)c2cc(C)c(OCC(=O)O)c(C)c2)c1. The molecule has 0 bridgehead atoms. The Morgan fingerprint density at radius 2 is 1.75 bits per heavy atom. The zero-order valence-electron chi connectivity index (χ0n) is 16.3. The number of carbonyl (C=O) groups is 2. The molecule has 0 saturated carbocycles. The Bertz CT molecular complexity index is 810. The molecule has 28 heavy (non-hydrogen) atoms. The molecule has 150 valence electrons. The first-order valence-electron chi connectivity index (χ1n) is 8.85. The van der Waals surface area contributed by atoms with Gasteiger partial charge in [-0.3, -0.25) is 4.79 Å². The second-order valence-electron chi connectivity index (χ2n) is 6.29. The Hall–Kier alpha value is -3.06. The van der Waals surface area contributed by atoms with E-state index in [0.717, 1.165) is 11.3 Å². The lowest BCUT2D eigenvalue weighted by Gasteiger charge is -2.13. The van der Waals surface area contributed by atoms with Crippen LogP contribution >= 0.6 is 0 Å². The fraction of sp³-hybridized carbons (Fsp3) is 0.333.